The largest absolute Gasteiger partial charge is 0.393 e. The molecule has 1 aromatic carbocycles. The topological polar surface area (TPSA) is 56.0 Å². The van der Waals surface area contributed by atoms with E-state index < -0.39 is 5.82 Å². The number of nitrogens with zero attached hydrogens (tertiary/aromatic N) is 1. The van der Waals surface area contributed by atoms with Crippen molar-refractivity contribution in [2.45, 2.75) is 25.0 Å². The van der Waals surface area contributed by atoms with Crippen LogP contribution in [0.5, 0.6) is 0 Å². The van der Waals surface area contributed by atoms with Gasteiger partial charge in [-0.05, 0) is 31.0 Å². The maximum absolute atomic E-state index is 13.2. The van der Waals surface area contributed by atoms with Crippen LogP contribution in [0.4, 0.5) is 10.1 Å². The Hall–Kier alpha value is -1.60. The highest BCUT2D eigenvalue weighted by Gasteiger charge is 2.26. The second-order valence-corrected chi connectivity index (χ2v) is 3.77. The van der Waals surface area contributed by atoms with Gasteiger partial charge in [0, 0.05) is 11.7 Å². The summed E-state index contributed by atoms with van der Waals surface area (Å²) in [5, 5.41) is 20.7. The minimum Gasteiger partial charge on any atom is -0.393 e. The van der Waals surface area contributed by atoms with E-state index in [1.54, 1.807) is 12.1 Å². The van der Waals surface area contributed by atoms with Crippen molar-refractivity contribution in [1.82, 2.24) is 0 Å². The molecular formula is C11H11FN2O. The number of nitrogens with one attached hydrogen (secondary N) is 1. The van der Waals surface area contributed by atoms with Crippen LogP contribution in [0.1, 0.15) is 18.4 Å². The zero-order valence-corrected chi connectivity index (χ0v) is 8.07. The van der Waals surface area contributed by atoms with E-state index in [1.165, 1.54) is 12.1 Å². The van der Waals surface area contributed by atoms with Gasteiger partial charge in [-0.25, -0.2) is 4.39 Å². The Kier molecular flexibility index (Phi) is 2.57. The van der Waals surface area contributed by atoms with Crippen LogP contribution in [-0.4, -0.2) is 17.3 Å². The molecule has 3 nitrogen and oxygen atoms in total. The second kappa shape index (κ2) is 3.87. The third kappa shape index (κ3) is 2.08. The maximum atomic E-state index is 13.2. The highest BCUT2D eigenvalue weighted by atomic mass is 19.1. The number of halogens is 1. The summed E-state index contributed by atoms with van der Waals surface area (Å²) in [7, 11) is 0. The van der Waals surface area contributed by atoms with Crippen LogP contribution in [0.2, 0.25) is 0 Å². The Bertz CT molecular complexity index is 408. The monoisotopic (exact) mass is 206 g/mol. The maximum Gasteiger partial charge on any atom is 0.143 e. The molecule has 2 rings (SSSR count). The van der Waals surface area contributed by atoms with Crippen LogP contribution in [0, 0.1) is 17.1 Å². The molecule has 0 aromatic heterocycles. The second-order valence-electron chi connectivity index (χ2n) is 3.77. The van der Waals surface area contributed by atoms with Crippen molar-refractivity contribution in [2.75, 3.05) is 5.32 Å². The molecule has 1 saturated carbocycles. The quantitative estimate of drug-likeness (QED) is 0.773. The molecule has 1 fully saturated rings. The van der Waals surface area contributed by atoms with Gasteiger partial charge in [-0.15, -0.1) is 0 Å². The average Bonchev–Trinajstić information content (AvgIpc) is 2.16. The minimum absolute atomic E-state index is 0.0502. The molecule has 78 valence electrons. The van der Waals surface area contributed by atoms with E-state index in [4.69, 9.17) is 10.4 Å². The standard InChI is InChI=1S/C11H11FN2O/c12-11-5-8(2-1-7(11)6-13)14-9-3-10(15)4-9/h1-2,5,9-10,14-15H,3-4H2. The number of nitriles is 1. The van der Waals surface area contributed by atoms with Crippen LogP contribution < -0.4 is 5.32 Å². The fourth-order valence-corrected chi connectivity index (χ4v) is 1.64. The van der Waals surface area contributed by atoms with E-state index in [0.29, 0.717) is 18.5 Å². The van der Waals surface area contributed by atoms with Gasteiger partial charge in [-0.2, -0.15) is 5.26 Å². The molecule has 2 N–H and O–H groups in total. The predicted molar refractivity (Wildman–Crippen MR) is 53.8 cm³/mol. The van der Waals surface area contributed by atoms with E-state index in [0.717, 1.165) is 0 Å². The van der Waals surface area contributed by atoms with Crippen molar-refractivity contribution < 1.29 is 9.50 Å². The van der Waals surface area contributed by atoms with Gasteiger partial charge in [0.2, 0.25) is 0 Å². The first-order valence-electron chi connectivity index (χ1n) is 4.83. The fraction of sp³-hybridized carbons (Fsp3) is 0.364. The summed E-state index contributed by atoms with van der Waals surface area (Å²) < 4.78 is 13.2. The first-order chi connectivity index (χ1) is 7.19. The van der Waals surface area contributed by atoms with Gasteiger partial charge < -0.3 is 10.4 Å². The van der Waals surface area contributed by atoms with Gasteiger partial charge in [0.05, 0.1) is 11.7 Å². The van der Waals surface area contributed by atoms with Gasteiger partial charge in [0.15, 0.2) is 0 Å². The Morgan fingerprint density at radius 2 is 2.20 bits per heavy atom. The van der Waals surface area contributed by atoms with E-state index in [-0.39, 0.29) is 17.7 Å². The number of hydrogen-bond acceptors (Lipinski definition) is 3. The van der Waals surface area contributed by atoms with Gasteiger partial charge in [-0.1, -0.05) is 0 Å². The Morgan fingerprint density at radius 1 is 1.47 bits per heavy atom. The van der Waals surface area contributed by atoms with Crippen molar-refractivity contribution in [3.8, 4) is 6.07 Å². The number of hydrogen-bond donors (Lipinski definition) is 2. The van der Waals surface area contributed by atoms with Crippen LogP contribution in [0.25, 0.3) is 0 Å². The lowest BCUT2D eigenvalue weighted by Crippen LogP contribution is -2.38. The summed E-state index contributed by atoms with van der Waals surface area (Å²) in [5.74, 6) is -0.512. The third-order valence-electron chi connectivity index (χ3n) is 2.57. The van der Waals surface area contributed by atoms with E-state index in [9.17, 15) is 4.39 Å². The fourth-order valence-electron chi connectivity index (χ4n) is 1.64. The molecule has 0 unspecified atom stereocenters. The third-order valence-corrected chi connectivity index (χ3v) is 2.57. The first kappa shape index (κ1) is 9.94. The molecule has 0 aliphatic heterocycles. The number of rotatable bonds is 2. The molecule has 4 heteroatoms. The molecule has 0 spiro atoms. The Morgan fingerprint density at radius 3 is 2.73 bits per heavy atom. The van der Waals surface area contributed by atoms with Crippen molar-refractivity contribution in [3.05, 3.63) is 29.6 Å². The smallest absolute Gasteiger partial charge is 0.143 e. The summed E-state index contributed by atoms with van der Waals surface area (Å²) in [6, 6.07) is 6.42. The first-order valence-corrected chi connectivity index (χ1v) is 4.83. The summed E-state index contributed by atoms with van der Waals surface area (Å²) >= 11 is 0. The van der Waals surface area contributed by atoms with Crippen molar-refractivity contribution >= 4 is 5.69 Å². The van der Waals surface area contributed by atoms with Crippen LogP contribution >= 0.6 is 0 Å². The van der Waals surface area contributed by atoms with Crippen LogP contribution in [0.15, 0.2) is 18.2 Å². The lowest BCUT2D eigenvalue weighted by molar-refractivity contribution is 0.0836. The normalized spacial score (nSPS) is 24.1. The Balaban J connectivity index is 2.04. The molecule has 15 heavy (non-hydrogen) atoms. The Labute approximate surface area is 87.2 Å². The van der Waals surface area contributed by atoms with E-state index in [2.05, 4.69) is 5.32 Å². The molecule has 0 heterocycles. The number of aliphatic hydroxyl groups is 1. The van der Waals surface area contributed by atoms with Crippen LogP contribution in [0.3, 0.4) is 0 Å². The van der Waals surface area contributed by atoms with Crippen LogP contribution in [-0.2, 0) is 0 Å². The van der Waals surface area contributed by atoms with Crippen molar-refractivity contribution in [2.24, 2.45) is 0 Å². The molecule has 0 atom stereocenters. The van der Waals surface area contributed by atoms with E-state index >= 15 is 0 Å². The van der Waals surface area contributed by atoms with E-state index in [1.807, 2.05) is 0 Å². The van der Waals surface area contributed by atoms with Crippen molar-refractivity contribution in [1.29, 1.82) is 5.26 Å². The number of anilines is 1. The summed E-state index contributed by atoms with van der Waals surface area (Å²) in [5.41, 5.74) is 0.706. The minimum atomic E-state index is -0.512. The average molecular weight is 206 g/mol. The van der Waals surface area contributed by atoms with Gasteiger partial charge in [-0.3, -0.25) is 0 Å². The molecule has 0 saturated heterocycles. The highest BCUT2D eigenvalue weighted by Crippen LogP contribution is 2.24. The zero-order valence-electron chi connectivity index (χ0n) is 8.07. The van der Waals surface area contributed by atoms with Crippen molar-refractivity contribution in [3.63, 3.8) is 0 Å². The highest BCUT2D eigenvalue weighted by molar-refractivity contribution is 5.49. The molecular weight excluding hydrogens is 195 g/mol. The summed E-state index contributed by atoms with van der Waals surface area (Å²) in [6.45, 7) is 0. The van der Waals surface area contributed by atoms with Gasteiger partial charge in [0.25, 0.3) is 0 Å². The zero-order chi connectivity index (χ0) is 10.8. The molecule has 1 aliphatic rings. The lowest BCUT2D eigenvalue weighted by atomic mass is 9.89. The molecule has 1 aliphatic carbocycles. The molecule has 0 radical (unpaired) electrons. The summed E-state index contributed by atoms with van der Waals surface area (Å²) in [4.78, 5) is 0. The number of aliphatic hydroxyl groups excluding tert-OH is 1. The van der Waals surface area contributed by atoms with Gasteiger partial charge in [0.1, 0.15) is 11.9 Å². The lowest BCUT2D eigenvalue weighted by Gasteiger charge is -2.32. The van der Waals surface area contributed by atoms with Gasteiger partial charge >= 0.3 is 0 Å². The number of benzene rings is 1. The summed E-state index contributed by atoms with van der Waals surface area (Å²) in [6.07, 6.45) is 1.16. The predicted octanol–water partition coefficient (Wildman–Crippen LogP) is 1.63. The SMILES string of the molecule is N#Cc1ccc(NC2CC(O)C2)cc1F. The molecule has 0 amide bonds. The molecule has 0 bridgehead atoms. The molecule has 1 aromatic rings.